The standard InChI is InChI=1S/C18H17NO6/c1-23-15-11-13(9-10-14(20)12-7-5-4-6-8-12)17(24-2)18(25-3)16(15)19(21)22/h4-11H,1-3H3. The number of allylic oxidation sites excluding steroid dienone is 1. The monoisotopic (exact) mass is 343 g/mol. The summed E-state index contributed by atoms with van der Waals surface area (Å²) in [5, 5.41) is 11.3. The van der Waals surface area contributed by atoms with Crippen LogP contribution in [-0.4, -0.2) is 32.0 Å². The quantitative estimate of drug-likeness (QED) is 0.331. The molecular weight excluding hydrogens is 326 g/mol. The Hall–Kier alpha value is -3.35. The Kier molecular flexibility index (Phi) is 5.73. The number of nitro benzene ring substituents is 1. The summed E-state index contributed by atoms with van der Waals surface area (Å²) < 4.78 is 15.5. The van der Waals surface area contributed by atoms with Crippen LogP contribution in [-0.2, 0) is 0 Å². The molecule has 7 nitrogen and oxygen atoms in total. The summed E-state index contributed by atoms with van der Waals surface area (Å²) >= 11 is 0. The molecule has 0 amide bonds. The molecule has 0 saturated carbocycles. The fourth-order valence-electron chi connectivity index (χ4n) is 2.34. The third kappa shape index (κ3) is 3.77. The molecule has 0 bridgehead atoms. The van der Waals surface area contributed by atoms with Gasteiger partial charge in [-0.25, -0.2) is 0 Å². The maximum atomic E-state index is 12.2. The van der Waals surface area contributed by atoms with Crippen molar-refractivity contribution in [1.82, 2.24) is 0 Å². The van der Waals surface area contributed by atoms with E-state index in [2.05, 4.69) is 0 Å². The number of hydrogen-bond acceptors (Lipinski definition) is 6. The maximum Gasteiger partial charge on any atom is 0.356 e. The number of ether oxygens (including phenoxy) is 3. The average molecular weight is 343 g/mol. The molecule has 0 fully saturated rings. The number of carbonyl (C=O) groups excluding carboxylic acids is 1. The van der Waals surface area contributed by atoms with Crippen LogP contribution >= 0.6 is 0 Å². The summed E-state index contributed by atoms with van der Waals surface area (Å²) in [5.41, 5.74) is 0.609. The van der Waals surface area contributed by atoms with Crippen LogP contribution in [0.4, 0.5) is 5.69 Å². The van der Waals surface area contributed by atoms with Crippen molar-refractivity contribution in [2.45, 2.75) is 0 Å². The number of methoxy groups -OCH3 is 3. The lowest BCUT2D eigenvalue weighted by molar-refractivity contribution is -0.386. The van der Waals surface area contributed by atoms with Gasteiger partial charge in [-0.3, -0.25) is 14.9 Å². The van der Waals surface area contributed by atoms with E-state index in [0.29, 0.717) is 11.1 Å². The molecule has 0 heterocycles. The van der Waals surface area contributed by atoms with E-state index in [4.69, 9.17) is 14.2 Å². The first-order valence-corrected chi connectivity index (χ1v) is 7.28. The van der Waals surface area contributed by atoms with E-state index in [0.717, 1.165) is 0 Å². The SMILES string of the molecule is COc1cc(C=CC(=O)c2ccccc2)c(OC)c(OC)c1[N+](=O)[O-]. The summed E-state index contributed by atoms with van der Waals surface area (Å²) in [6, 6.07) is 10.2. The van der Waals surface area contributed by atoms with Crippen molar-refractivity contribution in [1.29, 1.82) is 0 Å². The van der Waals surface area contributed by atoms with E-state index >= 15 is 0 Å². The first-order chi connectivity index (χ1) is 12.0. The van der Waals surface area contributed by atoms with Crippen molar-refractivity contribution < 1.29 is 23.9 Å². The molecule has 0 aliphatic rings. The summed E-state index contributed by atoms with van der Waals surface area (Å²) in [7, 11) is 3.98. The van der Waals surface area contributed by atoms with Gasteiger partial charge in [-0.15, -0.1) is 0 Å². The Bertz CT molecular complexity index is 814. The molecule has 0 atom stereocenters. The highest BCUT2D eigenvalue weighted by molar-refractivity contribution is 6.07. The number of nitrogens with zero attached hydrogens (tertiary/aromatic N) is 1. The zero-order valence-corrected chi connectivity index (χ0v) is 14.0. The molecular formula is C18H17NO6. The largest absolute Gasteiger partial charge is 0.492 e. The number of rotatable bonds is 7. The fraction of sp³-hybridized carbons (Fsp3) is 0.167. The summed E-state index contributed by atoms with van der Waals surface area (Å²) in [6.07, 6.45) is 2.86. The van der Waals surface area contributed by atoms with E-state index < -0.39 is 4.92 Å². The van der Waals surface area contributed by atoms with E-state index in [1.807, 2.05) is 6.07 Å². The van der Waals surface area contributed by atoms with Gasteiger partial charge in [-0.05, 0) is 18.2 Å². The molecule has 130 valence electrons. The predicted octanol–water partition coefficient (Wildman–Crippen LogP) is 3.52. The zero-order chi connectivity index (χ0) is 18.4. The smallest absolute Gasteiger partial charge is 0.356 e. The lowest BCUT2D eigenvalue weighted by atomic mass is 10.1. The fourth-order valence-corrected chi connectivity index (χ4v) is 2.34. The number of benzene rings is 2. The first-order valence-electron chi connectivity index (χ1n) is 7.28. The summed E-state index contributed by atoms with van der Waals surface area (Å²) in [4.78, 5) is 22.9. The normalized spacial score (nSPS) is 10.5. The first kappa shape index (κ1) is 18.0. The lowest BCUT2D eigenvalue weighted by Crippen LogP contribution is -2.02. The Morgan fingerprint density at radius 2 is 1.68 bits per heavy atom. The molecule has 0 aromatic heterocycles. The Morgan fingerprint density at radius 1 is 1.04 bits per heavy atom. The molecule has 0 N–H and O–H groups in total. The third-order valence-corrected chi connectivity index (χ3v) is 3.49. The van der Waals surface area contributed by atoms with Gasteiger partial charge in [0, 0.05) is 11.1 Å². The van der Waals surface area contributed by atoms with Crippen LogP contribution in [0, 0.1) is 10.1 Å². The second kappa shape index (κ2) is 7.96. The van der Waals surface area contributed by atoms with Crippen LogP contribution in [0.15, 0.2) is 42.5 Å². The van der Waals surface area contributed by atoms with E-state index in [1.165, 1.54) is 39.5 Å². The van der Waals surface area contributed by atoms with Crippen LogP contribution in [0.5, 0.6) is 17.2 Å². The Labute approximate surface area is 144 Å². The van der Waals surface area contributed by atoms with Crippen molar-refractivity contribution in [3.8, 4) is 17.2 Å². The topological polar surface area (TPSA) is 87.9 Å². The number of nitro groups is 1. The maximum absolute atomic E-state index is 12.2. The van der Waals surface area contributed by atoms with Crippen molar-refractivity contribution >= 4 is 17.5 Å². The number of carbonyl (C=O) groups is 1. The average Bonchev–Trinajstić information content (AvgIpc) is 2.64. The minimum Gasteiger partial charge on any atom is -0.492 e. The summed E-state index contributed by atoms with van der Waals surface area (Å²) in [5.74, 6) is -0.126. The molecule has 0 spiro atoms. The molecule has 0 radical (unpaired) electrons. The molecule has 0 aliphatic carbocycles. The van der Waals surface area contributed by atoms with Crippen LogP contribution < -0.4 is 14.2 Å². The lowest BCUT2D eigenvalue weighted by Gasteiger charge is -2.13. The van der Waals surface area contributed by atoms with Gasteiger partial charge < -0.3 is 14.2 Å². The van der Waals surface area contributed by atoms with Gasteiger partial charge in [-0.2, -0.15) is 0 Å². The van der Waals surface area contributed by atoms with E-state index in [-0.39, 0.29) is 28.7 Å². The third-order valence-electron chi connectivity index (χ3n) is 3.49. The van der Waals surface area contributed by atoms with Gasteiger partial charge in [0.05, 0.1) is 26.3 Å². The van der Waals surface area contributed by atoms with E-state index in [1.54, 1.807) is 24.3 Å². The van der Waals surface area contributed by atoms with Crippen LogP contribution in [0.25, 0.3) is 6.08 Å². The molecule has 2 rings (SSSR count). The second-order valence-electron chi connectivity index (χ2n) is 4.90. The second-order valence-corrected chi connectivity index (χ2v) is 4.90. The number of ketones is 1. The molecule has 0 saturated heterocycles. The Balaban J connectivity index is 2.52. The molecule has 7 heteroatoms. The van der Waals surface area contributed by atoms with Gasteiger partial charge in [0.1, 0.15) is 0 Å². The molecule has 25 heavy (non-hydrogen) atoms. The van der Waals surface area contributed by atoms with Gasteiger partial charge in [0.15, 0.2) is 11.5 Å². The molecule has 0 unspecified atom stereocenters. The van der Waals surface area contributed by atoms with Gasteiger partial charge >= 0.3 is 5.69 Å². The minimum absolute atomic E-state index is 0.00876. The number of hydrogen-bond donors (Lipinski definition) is 0. The highest BCUT2D eigenvalue weighted by Gasteiger charge is 2.28. The van der Waals surface area contributed by atoms with Crippen LogP contribution in [0.1, 0.15) is 15.9 Å². The zero-order valence-electron chi connectivity index (χ0n) is 14.0. The summed E-state index contributed by atoms with van der Waals surface area (Å²) in [6.45, 7) is 0. The highest BCUT2D eigenvalue weighted by Crippen LogP contribution is 2.46. The van der Waals surface area contributed by atoms with Gasteiger partial charge in [-0.1, -0.05) is 30.3 Å². The van der Waals surface area contributed by atoms with Crippen LogP contribution in [0.2, 0.25) is 0 Å². The highest BCUT2D eigenvalue weighted by atomic mass is 16.6. The van der Waals surface area contributed by atoms with Gasteiger partial charge in [0.2, 0.25) is 11.5 Å². The van der Waals surface area contributed by atoms with Crippen molar-refractivity contribution in [2.24, 2.45) is 0 Å². The molecule has 2 aromatic rings. The van der Waals surface area contributed by atoms with Gasteiger partial charge in [0.25, 0.3) is 0 Å². The van der Waals surface area contributed by atoms with Crippen LogP contribution in [0.3, 0.4) is 0 Å². The van der Waals surface area contributed by atoms with Crippen molar-refractivity contribution in [3.63, 3.8) is 0 Å². The van der Waals surface area contributed by atoms with Crippen molar-refractivity contribution in [2.75, 3.05) is 21.3 Å². The van der Waals surface area contributed by atoms with Crippen molar-refractivity contribution in [3.05, 3.63) is 63.7 Å². The van der Waals surface area contributed by atoms with E-state index in [9.17, 15) is 14.9 Å². The Morgan fingerprint density at radius 3 is 2.20 bits per heavy atom. The molecule has 0 aliphatic heterocycles. The predicted molar refractivity (Wildman–Crippen MR) is 92.6 cm³/mol. The minimum atomic E-state index is -0.608. The molecule has 2 aromatic carbocycles.